The third kappa shape index (κ3) is 1.84. The molecule has 4 heterocycles. The van der Waals surface area contributed by atoms with Gasteiger partial charge in [-0.3, -0.25) is 19.0 Å². The Hall–Kier alpha value is -3.16. The number of H-pyrrole nitrogens is 1. The van der Waals surface area contributed by atoms with E-state index in [-0.39, 0.29) is 33.8 Å². The van der Waals surface area contributed by atoms with Gasteiger partial charge in [0.15, 0.2) is 5.43 Å². The van der Waals surface area contributed by atoms with Gasteiger partial charge < -0.3 is 16.0 Å². The average molecular weight is 353 g/mol. The van der Waals surface area contributed by atoms with Crippen LogP contribution in [0.3, 0.4) is 0 Å². The van der Waals surface area contributed by atoms with Crippen LogP contribution in [0.1, 0.15) is 42.7 Å². The van der Waals surface area contributed by atoms with Crippen LogP contribution in [-0.2, 0) is 5.66 Å². The van der Waals surface area contributed by atoms with E-state index in [0.29, 0.717) is 29.3 Å². The lowest BCUT2D eigenvalue weighted by molar-refractivity contribution is 0.0910. The van der Waals surface area contributed by atoms with Crippen molar-refractivity contribution in [3.8, 4) is 0 Å². The first-order valence-corrected chi connectivity index (χ1v) is 8.54. The van der Waals surface area contributed by atoms with Crippen LogP contribution < -0.4 is 22.0 Å². The van der Waals surface area contributed by atoms with Gasteiger partial charge in [0.1, 0.15) is 22.7 Å². The predicted octanol–water partition coefficient (Wildman–Crippen LogP) is 1.34. The number of pyridine rings is 3. The number of nitrogens with two attached hydrogens (primary N) is 1. The Balaban J connectivity index is 2.28. The first-order valence-electron chi connectivity index (χ1n) is 8.54. The lowest BCUT2D eigenvalue weighted by Gasteiger charge is -2.29. The third-order valence-corrected chi connectivity index (χ3v) is 5.44. The number of hydrogen-bond donors (Lipinski definition) is 3. The summed E-state index contributed by atoms with van der Waals surface area (Å²) in [6.45, 7) is 5.53. The number of aromatic nitrogens is 3. The van der Waals surface area contributed by atoms with E-state index in [1.165, 1.54) is 16.8 Å². The monoisotopic (exact) mass is 353 g/mol. The number of aromatic amines is 1. The standard InChI is InChI=1S/C18H19N5O3/c1-4-18(5-2)22-16(25)14-8(3)12-13(17(26)23(14)18)21-10-6-11(19)20-7-9(10)15(12)24/h6-7H,4-5H2,1-3H3,(H2,19,20)(H,21,24)(H,22,25). The molecule has 0 spiro atoms. The maximum atomic E-state index is 13.3. The molecule has 0 saturated carbocycles. The fourth-order valence-electron chi connectivity index (χ4n) is 3.97. The van der Waals surface area contributed by atoms with Crippen molar-refractivity contribution in [2.45, 2.75) is 39.3 Å². The summed E-state index contributed by atoms with van der Waals surface area (Å²) in [6.07, 6.45) is 2.50. The zero-order valence-electron chi connectivity index (χ0n) is 14.8. The van der Waals surface area contributed by atoms with Gasteiger partial charge in [-0.1, -0.05) is 13.8 Å². The largest absolute Gasteiger partial charge is 0.384 e. The smallest absolute Gasteiger partial charge is 0.277 e. The molecule has 0 atom stereocenters. The molecule has 0 fully saturated rings. The number of nitrogens with zero attached hydrogens (tertiary/aromatic N) is 2. The van der Waals surface area contributed by atoms with Gasteiger partial charge in [-0.25, -0.2) is 4.98 Å². The van der Waals surface area contributed by atoms with Crippen LogP contribution in [-0.4, -0.2) is 20.4 Å². The van der Waals surface area contributed by atoms with Crippen molar-refractivity contribution in [3.63, 3.8) is 0 Å². The Morgan fingerprint density at radius 3 is 2.58 bits per heavy atom. The van der Waals surface area contributed by atoms with Crippen molar-refractivity contribution >= 4 is 33.5 Å². The van der Waals surface area contributed by atoms with Crippen molar-refractivity contribution < 1.29 is 4.79 Å². The SMILES string of the molecule is CCC1(CC)NC(=O)c2c(C)c3c(=O)c4cnc(N)cc4[nH]c3c(=O)n21. The molecule has 8 nitrogen and oxygen atoms in total. The number of rotatable bonds is 2. The van der Waals surface area contributed by atoms with Gasteiger partial charge in [-0.2, -0.15) is 0 Å². The van der Waals surface area contributed by atoms with Gasteiger partial charge in [-0.05, 0) is 25.3 Å². The number of anilines is 1. The number of carbonyl (C=O) groups excluding carboxylic acids is 1. The highest BCUT2D eigenvalue weighted by atomic mass is 16.2. The molecule has 0 saturated heterocycles. The zero-order chi connectivity index (χ0) is 18.8. The molecule has 3 aromatic heterocycles. The van der Waals surface area contributed by atoms with Crippen LogP contribution in [0.5, 0.6) is 0 Å². The minimum absolute atomic E-state index is 0.178. The van der Waals surface area contributed by atoms with Crippen molar-refractivity contribution in [1.82, 2.24) is 19.9 Å². The maximum absolute atomic E-state index is 13.3. The Morgan fingerprint density at radius 2 is 1.92 bits per heavy atom. The van der Waals surface area contributed by atoms with Crippen molar-refractivity contribution in [3.05, 3.63) is 44.1 Å². The van der Waals surface area contributed by atoms with Crippen molar-refractivity contribution in [2.24, 2.45) is 0 Å². The van der Waals surface area contributed by atoms with E-state index in [2.05, 4.69) is 15.3 Å². The summed E-state index contributed by atoms with van der Waals surface area (Å²) in [5.41, 5.74) is 5.56. The minimum Gasteiger partial charge on any atom is -0.384 e. The summed E-state index contributed by atoms with van der Waals surface area (Å²) in [5.74, 6) is -0.0843. The molecule has 1 amide bonds. The third-order valence-electron chi connectivity index (χ3n) is 5.44. The first kappa shape index (κ1) is 16.3. The number of nitrogens with one attached hydrogen (secondary N) is 2. The predicted molar refractivity (Wildman–Crippen MR) is 99.3 cm³/mol. The molecule has 1 aliphatic heterocycles. The van der Waals surface area contributed by atoms with Gasteiger partial charge in [0.25, 0.3) is 11.5 Å². The molecule has 134 valence electrons. The molecule has 1 aliphatic rings. The molecule has 0 aliphatic carbocycles. The van der Waals surface area contributed by atoms with Crippen LogP contribution in [0.2, 0.25) is 0 Å². The Kier molecular flexibility index (Phi) is 3.24. The van der Waals surface area contributed by atoms with E-state index < -0.39 is 11.2 Å². The van der Waals surface area contributed by atoms with Crippen LogP contribution >= 0.6 is 0 Å². The second-order valence-corrected chi connectivity index (χ2v) is 6.67. The molecule has 0 aromatic carbocycles. The van der Waals surface area contributed by atoms with E-state index in [1.807, 2.05) is 13.8 Å². The molecule has 3 aromatic rings. The first-order chi connectivity index (χ1) is 12.3. The van der Waals surface area contributed by atoms with Gasteiger partial charge in [0.2, 0.25) is 0 Å². The number of amides is 1. The van der Waals surface area contributed by atoms with E-state index >= 15 is 0 Å². The summed E-state index contributed by atoms with van der Waals surface area (Å²) in [7, 11) is 0. The van der Waals surface area contributed by atoms with Crippen LogP contribution in [0.15, 0.2) is 21.9 Å². The quantitative estimate of drug-likeness (QED) is 0.600. The average Bonchev–Trinajstić information content (AvgIpc) is 2.92. The van der Waals surface area contributed by atoms with E-state index in [1.54, 1.807) is 6.92 Å². The molecule has 8 heteroatoms. The molecular weight excluding hydrogens is 334 g/mol. The maximum Gasteiger partial charge on any atom is 0.277 e. The summed E-state index contributed by atoms with van der Waals surface area (Å²) >= 11 is 0. The van der Waals surface area contributed by atoms with Crippen molar-refractivity contribution in [2.75, 3.05) is 5.73 Å². The van der Waals surface area contributed by atoms with Crippen molar-refractivity contribution in [1.29, 1.82) is 0 Å². The second kappa shape index (κ2) is 5.17. The fourth-order valence-corrected chi connectivity index (χ4v) is 3.97. The highest BCUT2D eigenvalue weighted by molar-refractivity contribution is 6.03. The van der Waals surface area contributed by atoms with Crippen LogP contribution in [0.4, 0.5) is 5.82 Å². The van der Waals surface area contributed by atoms with E-state index in [4.69, 9.17) is 5.73 Å². The Morgan fingerprint density at radius 1 is 1.23 bits per heavy atom. The number of hydrogen-bond acceptors (Lipinski definition) is 5. The fraction of sp³-hybridized carbons (Fsp3) is 0.333. The van der Waals surface area contributed by atoms with Gasteiger partial charge in [-0.15, -0.1) is 0 Å². The normalized spacial score (nSPS) is 15.4. The van der Waals surface area contributed by atoms with E-state index in [0.717, 1.165) is 0 Å². The zero-order valence-corrected chi connectivity index (χ0v) is 14.8. The summed E-state index contributed by atoms with van der Waals surface area (Å²) in [5, 5.41) is 3.48. The lowest BCUT2D eigenvalue weighted by Crippen LogP contribution is -2.46. The molecule has 0 radical (unpaired) electrons. The number of carbonyl (C=O) groups is 1. The summed E-state index contributed by atoms with van der Waals surface area (Å²) < 4.78 is 1.50. The summed E-state index contributed by atoms with van der Waals surface area (Å²) in [4.78, 5) is 45.9. The number of nitrogen functional groups attached to an aromatic ring is 1. The van der Waals surface area contributed by atoms with Crippen LogP contribution in [0, 0.1) is 6.92 Å². The highest BCUT2D eigenvalue weighted by Gasteiger charge is 2.42. The number of fused-ring (bicyclic) bond motifs is 3. The second-order valence-electron chi connectivity index (χ2n) is 6.67. The minimum atomic E-state index is -0.786. The van der Waals surface area contributed by atoms with E-state index in [9.17, 15) is 14.4 Å². The summed E-state index contributed by atoms with van der Waals surface area (Å²) in [6, 6.07) is 1.53. The highest BCUT2D eigenvalue weighted by Crippen LogP contribution is 2.31. The Labute approximate surface area is 148 Å². The van der Waals surface area contributed by atoms with Gasteiger partial charge in [0, 0.05) is 12.3 Å². The molecule has 26 heavy (non-hydrogen) atoms. The lowest BCUT2D eigenvalue weighted by atomic mass is 10.0. The molecule has 4 N–H and O–H groups in total. The molecule has 0 unspecified atom stereocenters. The number of aryl methyl sites for hydroxylation is 1. The molecule has 4 rings (SSSR count). The van der Waals surface area contributed by atoms with Gasteiger partial charge >= 0.3 is 0 Å². The topological polar surface area (TPSA) is 123 Å². The molecule has 0 bridgehead atoms. The van der Waals surface area contributed by atoms with Crippen LogP contribution in [0.25, 0.3) is 21.8 Å². The van der Waals surface area contributed by atoms with Gasteiger partial charge in [0.05, 0.1) is 16.3 Å². The molecular formula is C18H19N5O3. The Bertz CT molecular complexity index is 1220.